The third-order valence-corrected chi connectivity index (χ3v) is 4.01. The van der Waals surface area contributed by atoms with Gasteiger partial charge in [0, 0.05) is 16.8 Å². The Morgan fingerprint density at radius 3 is 1.80 bits per heavy atom. The van der Waals surface area contributed by atoms with E-state index < -0.39 is 5.63 Å². The summed E-state index contributed by atoms with van der Waals surface area (Å²) in [7, 11) is 7.53. The zero-order valence-electron chi connectivity index (χ0n) is 14.6. The lowest BCUT2D eigenvalue weighted by Gasteiger charge is -2.16. The van der Waals surface area contributed by atoms with Crippen LogP contribution in [0, 0.1) is 0 Å². The van der Waals surface area contributed by atoms with E-state index in [1.165, 1.54) is 35.5 Å². The van der Waals surface area contributed by atoms with E-state index in [1.54, 1.807) is 18.2 Å². The zero-order valence-corrected chi connectivity index (χ0v) is 14.6. The summed E-state index contributed by atoms with van der Waals surface area (Å²) in [5.74, 6) is 2.10. The smallest absolute Gasteiger partial charge is 0.344 e. The van der Waals surface area contributed by atoms with Crippen LogP contribution in [0.1, 0.15) is 0 Å². The molecule has 0 bridgehead atoms. The molecule has 3 aromatic rings. The van der Waals surface area contributed by atoms with Gasteiger partial charge in [0.2, 0.25) is 5.75 Å². The topological polar surface area (TPSA) is 76.4 Å². The lowest BCUT2D eigenvalue weighted by molar-refractivity contribution is 0.327. The fourth-order valence-corrected chi connectivity index (χ4v) is 2.88. The van der Waals surface area contributed by atoms with Gasteiger partial charge in [-0.2, -0.15) is 0 Å². The summed E-state index contributed by atoms with van der Waals surface area (Å²) in [4.78, 5) is 12.5. The van der Waals surface area contributed by atoms with Crippen LogP contribution in [-0.2, 0) is 0 Å². The average molecular weight is 346 g/mol. The van der Waals surface area contributed by atoms with Crippen molar-refractivity contribution in [3.05, 3.63) is 28.6 Å². The standard InChI is InChI=1S/C18H18O7/c1-20-12-6-9-11(8-13(12)21-2)25-18(19)10-7-14(22-3)16(23-4)17(24-5)15(9)10/h6-8H,1-5H3. The van der Waals surface area contributed by atoms with Crippen molar-refractivity contribution in [3.63, 3.8) is 0 Å². The van der Waals surface area contributed by atoms with Crippen LogP contribution in [0.5, 0.6) is 28.7 Å². The molecule has 1 heterocycles. The lowest BCUT2D eigenvalue weighted by atomic mass is 10.0. The molecule has 3 rings (SSSR count). The third-order valence-electron chi connectivity index (χ3n) is 4.01. The average Bonchev–Trinajstić information content (AvgIpc) is 2.65. The highest BCUT2D eigenvalue weighted by Gasteiger charge is 2.22. The van der Waals surface area contributed by atoms with Crippen LogP contribution in [-0.4, -0.2) is 35.5 Å². The largest absolute Gasteiger partial charge is 0.493 e. The Balaban J connectivity index is 2.58. The maximum atomic E-state index is 12.5. The maximum absolute atomic E-state index is 12.5. The number of benzene rings is 2. The van der Waals surface area contributed by atoms with Crippen LogP contribution in [0.15, 0.2) is 27.4 Å². The van der Waals surface area contributed by atoms with Crippen molar-refractivity contribution in [3.8, 4) is 28.7 Å². The molecule has 25 heavy (non-hydrogen) atoms. The summed E-state index contributed by atoms with van der Waals surface area (Å²) in [6.45, 7) is 0. The molecule has 7 nitrogen and oxygen atoms in total. The summed E-state index contributed by atoms with van der Waals surface area (Å²) >= 11 is 0. The molecule has 0 saturated carbocycles. The molecule has 0 fully saturated rings. The molecule has 2 aromatic carbocycles. The number of hydrogen-bond acceptors (Lipinski definition) is 7. The Hall–Kier alpha value is -3.09. The molecule has 7 heteroatoms. The van der Waals surface area contributed by atoms with Gasteiger partial charge in [0.05, 0.1) is 40.9 Å². The fraction of sp³-hybridized carbons (Fsp3) is 0.278. The van der Waals surface area contributed by atoms with Crippen molar-refractivity contribution in [2.24, 2.45) is 0 Å². The van der Waals surface area contributed by atoms with Crippen molar-refractivity contribution in [2.45, 2.75) is 0 Å². The quantitative estimate of drug-likeness (QED) is 0.519. The van der Waals surface area contributed by atoms with Gasteiger partial charge >= 0.3 is 5.63 Å². The third kappa shape index (κ3) is 2.48. The summed E-state index contributed by atoms with van der Waals surface area (Å²) in [5, 5.41) is 1.49. The first-order chi connectivity index (χ1) is 12.1. The van der Waals surface area contributed by atoms with Crippen LogP contribution in [0.3, 0.4) is 0 Å². The van der Waals surface area contributed by atoms with Gasteiger partial charge in [-0.1, -0.05) is 0 Å². The first kappa shape index (κ1) is 16.8. The zero-order chi connectivity index (χ0) is 18.1. The van der Waals surface area contributed by atoms with Crippen molar-refractivity contribution >= 4 is 21.7 Å². The lowest BCUT2D eigenvalue weighted by Crippen LogP contribution is -2.04. The van der Waals surface area contributed by atoms with Crippen LogP contribution in [0.4, 0.5) is 0 Å². The Morgan fingerprint density at radius 1 is 0.680 bits per heavy atom. The number of rotatable bonds is 5. The predicted molar refractivity (Wildman–Crippen MR) is 92.8 cm³/mol. The van der Waals surface area contributed by atoms with Gasteiger partial charge in [-0.05, 0) is 12.1 Å². The maximum Gasteiger partial charge on any atom is 0.344 e. The summed E-state index contributed by atoms with van der Waals surface area (Å²) in [5.41, 5.74) is -0.172. The minimum absolute atomic E-state index is 0.314. The molecule has 0 saturated heterocycles. The minimum Gasteiger partial charge on any atom is -0.493 e. The van der Waals surface area contributed by atoms with Crippen LogP contribution >= 0.6 is 0 Å². The number of methoxy groups -OCH3 is 5. The molecule has 0 amide bonds. The molecule has 0 aliphatic heterocycles. The Morgan fingerprint density at radius 2 is 1.24 bits per heavy atom. The van der Waals surface area contributed by atoms with Crippen LogP contribution in [0.2, 0.25) is 0 Å². The highest BCUT2D eigenvalue weighted by atomic mass is 16.5. The number of ether oxygens (including phenoxy) is 5. The highest BCUT2D eigenvalue weighted by molar-refractivity contribution is 6.10. The number of hydrogen-bond donors (Lipinski definition) is 0. The molecule has 0 unspecified atom stereocenters. The Bertz CT molecular complexity index is 1000. The van der Waals surface area contributed by atoms with Gasteiger partial charge in [0.25, 0.3) is 0 Å². The van der Waals surface area contributed by atoms with E-state index in [1.807, 2.05) is 0 Å². The molecule has 0 aliphatic rings. The molecule has 1 aromatic heterocycles. The van der Waals surface area contributed by atoms with Crippen LogP contribution < -0.4 is 29.3 Å². The van der Waals surface area contributed by atoms with E-state index in [2.05, 4.69) is 0 Å². The first-order valence-electron chi connectivity index (χ1n) is 7.41. The second-order valence-electron chi connectivity index (χ2n) is 5.16. The van der Waals surface area contributed by atoms with Crippen molar-refractivity contribution in [2.75, 3.05) is 35.5 Å². The summed E-state index contributed by atoms with van der Waals surface area (Å²) < 4.78 is 32.3. The molecule has 0 spiro atoms. The van der Waals surface area contributed by atoms with E-state index >= 15 is 0 Å². The van der Waals surface area contributed by atoms with Gasteiger partial charge in [0.15, 0.2) is 23.0 Å². The van der Waals surface area contributed by atoms with E-state index in [4.69, 9.17) is 28.1 Å². The summed E-state index contributed by atoms with van der Waals surface area (Å²) in [6.07, 6.45) is 0. The SMILES string of the molecule is COc1cc2oc(=O)c3cc(OC)c(OC)c(OC)c3c2cc1OC. The van der Waals surface area contributed by atoms with Gasteiger partial charge in [-0.25, -0.2) is 4.79 Å². The Labute approximate surface area is 143 Å². The van der Waals surface area contributed by atoms with Gasteiger partial charge < -0.3 is 28.1 Å². The minimum atomic E-state index is -0.519. The highest BCUT2D eigenvalue weighted by Crippen LogP contribution is 2.46. The second-order valence-corrected chi connectivity index (χ2v) is 5.16. The fourth-order valence-electron chi connectivity index (χ4n) is 2.88. The van der Waals surface area contributed by atoms with Gasteiger partial charge in [-0.3, -0.25) is 0 Å². The predicted octanol–water partition coefficient (Wildman–Crippen LogP) is 2.99. The van der Waals surface area contributed by atoms with Crippen molar-refractivity contribution < 1.29 is 28.1 Å². The molecule has 0 radical (unpaired) electrons. The normalized spacial score (nSPS) is 10.8. The molecule has 132 valence electrons. The molecule has 0 aliphatic carbocycles. The van der Waals surface area contributed by atoms with Crippen molar-refractivity contribution in [1.29, 1.82) is 0 Å². The van der Waals surface area contributed by atoms with E-state index in [0.29, 0.717) is 50.5 Å². The van der Waals surface area contributed by atoms with E-state index in [9.17, 15) is 4.79 Å². The van der Waals surface area contributed by atoms with E-state index in [-0.39, 0.29) is 0 Å². The molecule has 0 atom stereocenters. The van der Waals surface area contributed by atoms with Crippen molar-refractivity contribution in [1.82, 2.24) is 0 Å². The first-order valence-corrected chi connectivity index (χ1v) is 7.41. The molecular formula is C18H18O7. The van der Waals surface area contributed by atoms with E-state index in [0.717, 1.165) is 0 Å². The molecule has 0 N–H and O–H groups in total. The van der Waals surface area contributed by atoms with Gasteiger partial charge in [-0.15, -0.1) is 0 Å². The summed E-state index contributed by atoms with van der Waals surface area (Å²) in [6, 6.07) is 4.90. The van der Waals surface area contributed by atoms with Crippen LogP contribution in [0.25, 0.3) is 21.7 Å². The number of fused-ring (bicyclic) bond motifs is 3. The monoisotopic (exact) mass is 346 g/mol. The Kier molecular flexibility index (Phi) is 4.31. The second kappa shape index (κ2) is 6.43. The van der Waals surface area contributed by atoms with Gasteiger partial charge in [0.1, 0.15) is 5.58 Å². The molecular weight excluding hydrogens is 328 g/mol.